The van der Waals surface area contributed by atoms with E-state index in [1.165, 1.54) is 24.3 Å². The number of carbonyl (C=O) groups excluding carboxylic acids is 2. The van der Waals surface area contributed by atoms with E-state index in [1.54, 1.807) is 0 Å². The zero-order chi connectivity index (χ0) is 25.8. The van der Waals surface area contributed by atoms with Gasteiger partial charge in [0.25, 0.3) is 10.0 Å². The largest absolute Gasteiger partial charge is 0.460 e. The number of hydrogen-bond donors (Lipinski definition) is 1. The summed E-state index contributed by atoms with van der Waals surface area (Å²) in [5, 5.41) is 0. The molecule has 7 nitrogen and oxygen atoms in total. The molecule has 10 heteroatoms. The molecule has 0 amide bonds. The van der Waals surface area contributed by atoms with Crippen LogP contribution in [-0.4, -0.2) is 33.1 Å². The summed E-state index contributed by atoms with van der Waals surface area (Å²) in [5.74, 6) is -2.72. The maximum absolute atomic E-state index is 13.4. The summed E-state index contributed by atoms with van der Waals surface area (Å²) < 4.78 is 64.1. The van der Waals surface area contributed by atoms with Crippen molar-refractivity contribution in [1.29, 1.82) is 0 Å². The fourth-order valence-corrected chi connectivity index (χ4v) is 5.26. The minimum atomic E-state index is -4.17. The van der Waals surface area contributed by atoms with Crippen LogP contribution < -0.4 is 4.72 Å². The van der Waals surface area contributed by atoms with Gasteiger partial charge in [0.15, 0.2) is 18.2 Å². The Balaban J connectivity index is 1.55. The van der Waals surface area contributed by atoms with Crippen LogP contribution in [0.5, 0.6) is 0 Å². The maximum atomic E-state index is 13.4. The van der Waals surface area contributed by atoms with Crippen LogP contribution >= 0.6 is 0 Å². The number of hydrogen-bond acceptors (Lipinski definition) is 6. The fourth-order valence-electron chi connectivity index (χ4n) is 4.19. The predicted octanol–water partition coefficient (Wildman–Crippen LogP) is 4.93. The van der Waals surface area contributed by atoms with Crippen molar-refractivity contribution in [3.05, 3.63) is 59.7 Å². The van der Waals surface area contributed by atoms with E-state index in [4.69, 9.17) is 9.47 Å². The van der Waals surface area contributed by atoms with Crippen LogP contribution in [0.2, 0.25) is 0 Å². The Morgan fingerprint density at radius 2 is 1.74 bits per heavy atom. The fraction of sp³-hybridized carbons (Fsp3) is 0.440. The Kier molecular flexibility index (Phi) is 8.47. The Hall–Kier alpha value is -3.01. The lowest BCUT2D eigenvalue weighted by atomic mass is 9.75. The SMILES string of the molecule is CC1CCC(C(C)C)C(OC(=O)COC(=O)c2ccc(NS(=O)(=O)c3ccc(F)c(F)c3)cc2)C1. The molecule has 1 aliphatic rings. The molecule has 1 fully saturated rings. The van der Waals surface area contributed by atoms with Crippen molar-refractivity contribution in [2.24, 2.45) is 17.8 Å². The van der Waals surface area contributed by atoms with Gasteiger partial charge < -0.3 is 9.47 Å². The molecule has 2 aromatic carbocycles. The molecule has 35 heavy (non-hydrogen) atoms. The summed E-state index contributed by atoms with van der Waals surface area (Å²) in [4.78, 5) is 24.1. The second-order valence-electron chi connectivity index (χ2n) is 9.19. The van der Waals surface area contributed by atoms with E-state index < -0.39 is 45.1 Å². The average molecular weight is 510 g/mol. The monoisotopic (exact) mass is 509 g/mol. The van der Waals surface area contributed by atoms with Crippen LogP contribution in [0, 0.1) is 29.4 Å². The highest BCUT2D eigenvalue weighted by Crippen LogP contribution is 2.35. The van der Waals surface area contributed by atoms with Crippen molar-refractivity contribution in [3.8, 4) is 0 Å². The topological polar surface area (TPSA) is 98.8 Å². The number of halogens is 2. The number of rotatable bonds is 8. The van der Waals surface area contributed by atoms with E-state index in [1.807, 2.05) is 0 Å². The molecule has 0 bridgehead atoms. The number of anilines is 1. The number of esters is 2. The number of ether oxygens (including phenoxy) is 2. The zero-order valence-electron chi connectivity index (χ0n) is 19.8. The molecule has 1 N–H and O–H groups in total. The van der Waals surface area contributed by atoms with Crippen LogP contribution in [0.25, 0.3) is 0 Å². The zero-order valence-corrected chi connectivity index (χ0v) is 20.6. The minimum Gasteiger partial charge on any atom is -0.460 e. The van der Waals surface area contributed by atoms with Crippen LogP contribution in [0.4, 0.5) is 14.5 Å². The second-order valence-corrected chi connectivity index (χ2v) is 10.9. The predicted molar refractivity (Wildman–Crippen MR) is 125 cm³/mol. The summed E-state index contributed by atoms with van der Waals surface area (Å²) in [6.07, 6.45) is 2.67. The molecule has 0 heterocycles. The molecule has 3 unspecified atom stereocenters. The lowest BCUT2D eigenvalue weighted by Crippen LogP contribution is -2.36. The van der Waals surface area contributed by atoms with Gasteiger partial charge in [-0.15, -0.1) is 0 Å². The van der Waals surface area contributed by atoms with Crippen LogP contribution in [-0.2, 0) is 24.3 Å². The Bertz CT molecular complexity index is 1170. The highest BCUT2D eigenvalue weighted by atomic mass is 32.2. The highest BCUT2D eigenvalue weighted by molar-refractivity contribution is 7.92. The van der Waals surface area contributed by atoms with Gasteiger partial charge in [0.2, 0.25) is 0 Å². The first-order valence-electron chi connectivity index (χ1n) is 11.4. The van der Waals surface area contributed by atoms with Gasteiger partial charge in [0.05, 0.1) is 10.5 Å². The van der Waals surface area contributed by atoms with E-state index >= 15 is 0 Å². The molecule has 190 valence electrons. The molecule has 0 aromatic heterocycles. The summed E-state index contributed by atoms with van der Waals surface area (Å²) in [7, 11) is -4.17. The van der Waals surface area contributed by atoms with E-state index in [9.17, 15) is 26.8 Å². The first-order chi connectivity index (χ1) is 16.5. The lowest BCUT2D eigenvalue weighted by Gasteiger charge is -2.36. The van der Waals surface area contributed by atoms with Gasteiger partial charge >= 0.3 is 11.9 Å². The summed E-state index contributed by atoms with van der Waals surface area (Å²) >= 11 is 0. The van der Waals surface area contributed by atoms with Crippen LogP contribution in [0.3, 0.4) is 0 Å². The Labute approximate surface area is 203 Å². The Morgan fingerprint density at radius 1 is 1.06 bits per heavy atom. The second kappa shape index (κ2) is 11.2. The first kappa shape index (κ1) is 26.6. The molecular weight excluding hydrogens is 480 g/mol. The lowest BCUT2D eigenvalue weighted by molar-refractivity contribution is -0.159. The van der Waals surface area contributed by atoms with E-state index in [-0.39, 0.29) is 23.3 Å². The van der Waals surface area contributed by atoms with E-state index in [2.05, 4.69) is 25.5 Å². The number of carbonyl (C=O) groups is 2. The number of benzene rings is 2. The molecule has 3 atom stereocenters. The number of nitrogens with one attached hydrogen (secondary N) is 1. The van der Waals surface area contributed by atoms with Crippen molar-refractivity contribution in [3.63, 3.8) is 0 Å². The van der Waals surface area contributed by atoms with Crippen LogP contribution in [0.1, 0.15) is 50.4 Å². The van der Waals surface area contributed by atoms with E-state index in [0.29, 0.717) is 24.0 Å². The number of sulfonamides is 1. The van der Waals surface area contributed by atoms with E-state index in [0.717, 1.165) is 25.3 Å². The molecule has 3 rings (SSSR count). The highest BCUT2D eigenvalue weighted by Gasteiger charge is 2.33. The molecule has 0 aliphatic heterocycles. The standard InChI is InChI=1S/C25H29F2NO6S/c1-15(2)20-10-4-16(3)12-23(20)34-24(29)14-33-25(30)17-5-7-18(8-6-17)28-35(31,32)19-9-11-21(26)22(27)13-19/h5-9,11,13,15-16,20,23,28H,4,10,12,14H2,1-3H3. The van der Waals surface area contributed by atoms with Crippen LogP contribution in [0.15, 0.2) is 47.4 Å². The van der Waals surface area contributed by atoms with Gasteiger partial charge in [-0.05, 0) is 73.1 Å². The van der Waals surface area contributed by atoms with Crippen molar-refractivity contribution in [2.75, 3.05) is 11.3 Å². The summed E-state index contributed by atoms with van der Waals surface area (Å²) in [6.45, 7) is 5.80. The molecule has 0 radical (unpaired) electrons. The average Bonchev–Trinajstić information content (AvgIpc) is 2.79. The van der Waals surface area contributed by atoms with Crippen molar-refractivity contribution in [2.45, 2.75) is 51.0 Å². The van der Waals surface area contributed by atoms with Crippen molar-refractivity contribution >= 4 is 27.6 Å². The van der Waals surface area contributed by atoms with Gasteiger partial charge in [0.1, 0.15) is 6.10 Å². The summed E-state index contributed by atoms with van der Waals surface area (Å²) in [6, 6.07) is 7.46. The van der Waals surface area contributed by atoms with Gasteiger partial charge in [-0.3, -0.25) is 4.72 Å². The van der Waals surface area contributed by atoms with Crippen molar-refractivity contribution < 1.29 is 36.3 Å². The Morgan fingerprint density at radius 3 is 2.37 bits per heavy atom. The first-order valence-corrected chi connectivity index (χ1v) is 12.9. The molecule has 1 aliphatic carbocycles. The van der Waals surface area contributed by atoms with Gasteiger partial charge in [0, 0.05) is 5.69 Å². The minimum absolute atomic E-state index is 0.0943. The van der Waals surface area contributed by atoms with Crippen molar-refractivity contribution in [1.82, 2.24) is 0 Å². The third-order valence-electron chi connectivity index (χ3n) is 6.14. The summed E-state index contributed by atoms with van der Waals surface area (Å²) in [5.41, 5.74) is 0.191. The molecular formula is C25H29F2NO6S. The molecule has 0 spiro atoms. The smallest absolute Gasteiger partial charge is 0.344 e. The van der Waals surface area contributed by atoms with Gasteiger partial charge in [-0.2, -0.15) is 0 Å². The normalized spacial score (nSPS) is 20.3. The van der Waals surface area contributed by atoms with Gasteiger partial charge in [-0.1, -0.05) is 27.2 Å². The maximum Gasteiger partial charge on any atom is 0.344 e. The third-order valence-corrected chi connectivity index (χ3v) is 7.52. The molecule has 2 aromatic rings. The quantitative estimate of drug-likeness (QED) is 0.507. The third kappa shape index (κ3) is 7.00. The van der Waals surface area contributed by atoms with Gasteiger partial charge in [-0.25, -0.2) is 26.8 Å². The molecule has 1 saturated carbocycles. The molecule has 0 saturated heterocycles.